The summed E-state index contributed by atoms with van der Waals surface area (Å²) in [5.74, 6) is -1.21. The number of benzene rings is 1. The van der Waals surface area contributed by atoms with Crippen LogP contribution in [0.15, 0.2) is 18.2 Å². The average Bonchev–Trinajstić information content (AvgIpc) is 2.89. The van der Waals surface area contributed by atoms with E-state index in [2.05, 4.69) is 10.6 Å². The smallest absolute Gasteiger partial charge is 0.319 e. The van der Waals surface area contributed by atoms with Crippen molar-refractivity contribution in [1.29, 1.82) is 0 Å². The molecule has 1 aromatic carbocycles. The second kappa shape index (κ2) is 6.64. The average molecular weight is 315 g/mol. The minimum atomic E-state index is -1.00. The molecule has 0 spiro atoms. The lowest BCUT2D eigenvalue weighted by Gasteiger charge is -2.16. The number of carboxylic acids is 1. The Kier molecular flexibility index (Phi) is 4.87. The Morgan fingerprint density at radius 1 is 1.43 bits per heavy atom. The van der Waals surface area contributed by atoms with Crippen LogP contribution in [0.4, 0.5) is 10.5 Å². The van der Waals surface area contributed by atoms with Gasteiger partial charge in [0, 0.05) is 6.07 Å². The zero-order valence-corrected chi connectivity index (χ0v) is 12.0. The van der Waals surface area contributed by atoms with Crippen molar-refractivity contribution < 1.29 is 24.2 Å². The third kappa shape index (κ3) is 3.77. The summed E-state index contributed by atoms with van der Waals surface area (Å²) >= 11 is 5.98. The van der Waals surface area contributed by atoms with Gasteiger partial charge in [0.15, 0.2) is 0 Å². The van der Waals surface area contributed by atoms with Crippen molar-refractivity contribution in [3.05, 3.63) is 23.2 Å². The first-order valence-electron chi connectivity index (χ1n) is 6.23. The number of carboxylic acid groups (broad SMARTS) is 1. The summed E-state index contributed by atoms with van der Waals surface area (Å²) in [4.78, 5) is 22.9. The van der Waals surface area contributed by atoms with E-state index in [0.29, 0.717) is 16.5 Å². The quantitative estimate of drug-likeness (QED) is 0.784. The molecule has 0 bridgehead atoms. The number of hydrogen-bond donors (Lipinski definition) is 3. The molecule has 0 saturated carbocycles. The van der Waals surface area contributed by atoms with E-state index in [4.69, 9.17) is 26.2 Å². The third-order valence-electron chi connectivity index (χ3n) is 3.14. The predicted octanol–water partition coefficient (Wildman–Crippen LogP) is 1.57. The van der Waals surface area contributed by atoms with E-state index in [9.17, 15) is 9.59 Å². The normalized spacial score (nSPS) is 20.9. The fraction of sp³-hybridized carbons (Fsp3) is 0.385. The molecule has 0 aliphatic carbocycles. The molecule has 1 aromatic rings. The number of methoxy groups -OCH3 is 1. The summed E-state index contributed by atoms with van der Waals surface area (Å²) in [6.07, 6.45) is 0. The van der Waals surface area contributed by atoms with Gasteiger partial charge in [0.1, 0.15) is 11.7 Å². The molecule has 3 N–H and O–H groups in total. The highest BCUT2D eigenvalue weighted by atomic mass is 35.5. The molecule has 114 valence electrons. The van der Waals surface area contributed by atoms with E-state index < -0.39 is 24.0 Å². The Hall–Kier alpha value is -1.99. The number of urea groups is 1. The minimum Gasteiger partial charge on any atom is -0.497 e. The summed E-state index contributed by atoms with van der Waals surface area (Å²) in [5, 5.41) is 14.5. The van der Waals surface area contributed by atoms with Gasteiger partial charge in [0.2, 0.25) is 0 Å². The topological polar surface area (TPSA) is 96.9 Å². The number of ether oxygens (including phenoxy) is 2. The van der Waals surface area contributed by atoms with Gasteiger partial charge < -0.3 is 25.2 Å². The summed E-state index contributed by atoms with van der Waals surface area (Å²) in [6, 6.07) is 3.70. The van der Waals surface area contributed by atoms with Crippen LogP contribution in [0.1, 0.15) is 0 Å². The number of anilines is 1. The Balaban J connectivity index is 2.00. The molecule has 7 nitrogen and oxygen atoms in total. The molecule has 21 heavy (non-hydrogen) atoms. The lowest BCUT2D eigenvalue weighted by atomic mass is 10.0. The molecule has 2 atom stereocenters. The number of nitrogens with one attached hydrogen (secondary N) is 2. The minimum absolute atomic E-state index is 0.0835. The van der Waals surface area contributed by atoms with Crippen LogP contribution in [0.25, 0.3) is 0 Å². The molecule has 0 aromatic heterocycles. The maximum absolute atomic E-state index is 11.9. The molecule has 0 radical (unpaired) electrons. The third-order valence-corrected chi connectivity index (χ3v) is 3.47. The fourth-order valence-corrected chi connectivity index (χ4v) is 2.16. The van der Waals surface area contributed by atoms with Gasteiger partial charge in [-0.2, -0.15) is 0 Å². The maximum atomic E-state index is 11.9. The van der Waals surface area contributed by atoms with Crippen molar-refractivity contribution in [2.75, 3.05) is 25.6 Å². The SMILES string of the molecule is COc1ccc(Cl)c(NC(=O)NC2COCC2C(=O)O)c1. The van der Waals surface area contributed by atoms with E-state index in [1.807, 2.05) is 0 Å². The van der Waals surface area contributed by atoms with Crippen molar-refractivity contribution in [1.82, 2.24) is 5.32 Å². The molecular formula is C13H15ClN2O5. The van der Waals surface area contributed by atoms with E-state index in [-0.39, 0.29) is 13.2 Å². The van der Waals surface area contributed by atoms with E-state index in [0.717, 1.165) is 0 Å². The lowest BCUT2D eigenvalue weighted by molar-refractivity contribution is -0.142. The van der Waals surface area contributed by atoms with Crippen LogP contribution in [0.3, 0.4) is 0 Å². The van der Waals surface area contributed by atoms with Crippen molar-refractivity contribution in [3.8, 4) is 5.75 Å². The largest absolute Gasteiger partial charge is 0.497 e. The van der Waals surface area contributed by atoms with Crippen LogP contribution in [0, 0.1) is 5.92 Å². The van der Waals surface area contributed by atoms with Gasteiger partial charge in [0.05, 0.1) is 37.1 Å². The van der Waals surface area contributed by atoms with Crippen LogP contribution < -0.4 is 15.4 Å². The van der Waals surface area contributed by atoms with Crippen LogP contribution in [0.2, 0.25) is 5.02 Å². The van der Waals surface area contributed by atoms with Crippen LogP contribution >= 0.6 is 11.6 Å². The molecular weight excluding hydrogens is 300 g/mol. The highest BCUT2D eigenvalue weighted by Crippen LogP contribution is 2.26. The Labute approximate surface area is 126 Å². The van der Waals surface area contributed by atoms with E-state index in [1.54, 1.807) is 18.2 Å². The molecule has 1 heterocycles. The monoisotopic (exact) mass is 314 g/mol. The van der Waals surface area contributed by atoms with Gasteiger partial charge in [-0.25, -0.2) is 4.79 Å². The number of amides is 2. The van der Waals surface area contributed by atoms with Crippen molar-refractivity contribution >= 4 is 29.3 Å². The first-order valence-corrected chi connectivity index (χ1v) is 6.60. The van der Waals surface area contributed by atoms with Gasteiger partial charge in [0.25, 0.3) is 0 Å². The summed E-state index contributed by atoms with van der Waals surface area (Å²) in [6.45, 7) is 0.246. The van der Waals surface area contributed by atoms with Gasteiger partial charge in [-0.1, -0.05) is 11.6 Å². The van der Waals surface area contributed by atoms with E-state index >= 15 is 0 Å². The second-order valence-corrected chi connectivity index (χ2v) is 4.94. The lowest BCUT2D eigenvalue weighted by Crippen LogP contribution is -2.44. The standard InChI is InChI=1S/C13H15ClN2O5/c1-20-7-2-3-9(14)10(4-7)15-13(19)16-11-6-21-5-8(11)12(17)18/h2-4,8,11H,5-6H2,1H3,(H,17,18)(H2,15,16,19). The van der Waals surface area contributed by atoms with Crippen molar-refractivity contribution in [3.63, 3.8) is 0 Å². The number of aliphatic carboxylic acids is 1. The molecule has 1 aliphatic rings. The van der Waals surface area contributed by atoms with E-state index in [1.165, 1.54) is 7.11 Å². The Bertz CT molecular complexity index is 551. The number of carbonyl (C=O) groups is 2. The molecule has 8 heteroatoms. The summed E-state index contributed by atoms with van der Waals surface area (Å²) < 4.78 is 10.1. The molecule has 2 unspecified atom stereocenters. The second-order valence-electron chi connectivity index (χ2n) is 4.53. The molecule has 1 saturated heterocycles. The number of halogens is 1. The Morgan fingerprint density at radius 3 is 2.86 bits per heavy atom. The van der Waals surface area contributed by atoms with Crippen molar-refractivity contribution in [2.24, 2.45) is 5.92 Å². The zero-order valence-electron chi connectivity index (χ0n) is 11.3. The first kappa shape index (κ1) is 15.4. The van der Waals surface area contributed by atoms with Crippen LogP contribution in [0.5, 0.6) is 5.75 Å². The fourth-order valence-electron chi connectivity index (χ4n) is 1.99. The highest BCUT2D eigenvalue weighted by Gasteiger charge is 2.35. The molecule has 2 rings (SSSR count). The molecule has 2 amide bonds. The van der Waals surface area contributed by atoms with Crippen LogP contribution in [-0.2, 0) is 9.53 Å². The van der Waals surface area contributed by atoms with Crippen LogP contribution in [-0.4, -0.2) is 43.5 Å². The number of hydrogen-bond acceptors (Lipinski definition) is 4. The van der Waals surface area contributed by atoms with Gasteiger partial charge in [-0.15, -0.1) is 0 Å². The summed E-state index contributed by atoms with van der Waals surface area (Å²) in [7, 11) is 1.50. The maximum Gasteiger partial charge on any atom is 0.319 e. The molecule has 1 fully saturated rings. The molecule has 1 aliphatic heterocycles. The summed E-state index contributed by atoms with van der Waals surface area (Å²) in [5.41, 5.74) is 0.374. The Morgan fingerprint density at radius 2 is 2.19 bits per heavy atom. The number of carbonyl (C=O) groups excluding carboxylic acids is 1. The predicted molar refractivity (Wildman–Crippen MR) is 75.9 cm³/mol. The first-order chi connectivity index (χ1) is 10.0. The van der Waals surface area contributed by atoms with Crippen molar-refractivity contribution in [2.45, 2.75) is 6.04 Å². The zero-order chi connectivity index (χ0) is 15.4. The van der Waals surface area contributed by atoms with Gasteiger partial charge in [-0.05, 0) is 12.1 Å². The van der Waals surface area contributed by atoms with Gasteiger partial charge in [-0.3, -0.25) is 4.79 Å². The highest BCUT2D eigenvalue weighted by molar-refractivity contribution is 6.33. The number of rotatable bonds is 4. The van der Waals surface area contributed by atoms with Gasteiger partial charge >= 0.3 is 12.0 Å².